The number of hydrogen-bond acceptors (Lipinski definition) is 3. The first-order chi connectivity index (χ1) is 10.2. The number of benzene rings is 1. The van der Waals surface area contributed by atoms with E-state index in [4.69, 9.17) is 9.47 Å². The average Bonchev–Trinajstić information content (AvgIpc) is 3.36. The van der Waals surface area contributed by atoms with E-state index in [1.807, 2.05) is 6.92 Å². The molecule has 1 aromatic rings. The standard InChI is InChI=1S/C17H23NO3/c1-4-16(19)18-8-7-12-9-14(20-2)15(21-3)10-13(12)17(18)11-5-6-11/h9-11,17H,4-8H2,1-3H3. The molecule has 1 aromatic carbocycles. The molecule has 2 aliphatic rings. The molecule has 1 aliphatic carbocycles. The second-order valence-electron chi connectivity index (χ2n) is 5.88. The summed E-state index contributed by atoms with van der Waals surface area (Å²) in [6, 6.07) is 4.38. The van der Waals surface area contributed by atoms with E-state index in [0.717, 1.165) is 24.5 Å². The number of carbonyl (C=O) groups is 1. The number of carbonyl (C=O) groups excluding carboxylic acids is 1. The summed E-state index contributed by atoms with van der Waals surface area (Å²) in [5.41, 5.74) is 2.55. The fourth-order valence-electron chi connectivity index (χ4n) is 3.38. The lowest BCUT2D eigenvalue weighted by Crippen LogP contribution is -2.40. The van der Waals surface area contributed by atoms with Crippen LogP contribution in [0.2, 0.25) is 0 Å². The highest BCUT2D eigenvalue weighted by molar-refractivity contribution is 5.77. The molecule has 4 heteroatoms. The molecule has 0 bridgehead atoms. The fourth-order valence-corrected chi connectivity index (χ4v) is 3.38. The van der Waals surface area contributed by atoms with Gasteiger partial charge in [0, 0.05) is 13.0 Å². The van der Waals surface area contributed by atoms with Gasteiger partial charge in [0.25, 0.3) is 0 Å². The number of hydrogen-bond donors (Lipinski definition) is 0. The van der Waals surface area contributed by atoms with E-state index in [1.54, 1.807) is 14.2 Å². The van der Waals surface area contributed by atoms with Crippen molar-refractivity contribution in [1.29, 1.82) is 0 Å². The van der Waals surface area contributed by atoms with E-state index in [9.17, 15) is 4.79 Å². The predicted octanol–water partition coefficient (Wildman–Crippen LogP) is 2.95. The molecule has 1 fully saturated rings. The molecule has 1 saturated carbocycles. The molecule has 1 amide bonds. The van der Waals surface area contributed by atoms with Gasteiger partial charge in [-0.25, -0.2) is 0 Å². The van der Waals surface area contributed by atoms with Crippen LogP contribution in [0.1, 0.15) is 43.4 Å². The molecular formula is C17H23NO3. The Balaban J connectivity index is 2.03. The molecule has 0 saturated heterocycles. The third-order valence-electron chi connectivity index (χ3n) is 4.61. The number of methoxy groups -OCH3 is 2. The Kier molecular flexibility index (Phi) is 3.79. The van der Waals surface area contributed by atoms with Crippen molar-refractivity contribution in [3.63, 3.8) is 0 Å². The van der Waals surface area contributed by atoms with Crippen LogP contribution in [0, 0.1) is 5.92 Å². The lowest BCUT2D eigenvalue weighted by atomic mass is 9.89. The van der Waals surface area contributed by atoms with Crippen molar-refractivity contribution in [2.75, 3.05) is 20.8 Å². The van der Waals surface area contributed by atoms with Gasteiger partial charge in [0.05, 0.1) is 20.3 Å². The van der Waals surface area contributed by atoms with Crippen LogP contribution in [0.15, 0.2) is 12.1 Å². The quantitative estimate of drug-likeness (QED) is 0.855. The number of fused-ring (bicyclic) bond motifs is 1. The molecule has 4 nitrogen and oxygen atoms in total. The molecule has 0 spiro atoms. The molecule has 21 heavy (non-hydrogen) atoms. The van der Waals surface area contributed by atoms with Gasteiger partial charge >= 0.3 is 0 Å². The van der Waals surface area contributed by atoms with Gasteiger partial charge in [0.15, 0.2) is 11.5 Å². The van der Waals surface area contributed by atoms with Crippen LogP contribution in [-0.4, -0.2) is 31.6 Å². The zero-order valence-electron chi connectivity index (χ0n) is 13.0. The summed E-state index contributed by atoms with van der Waals surface area (Å²) in [7, 11) is 3.33. The Morgan fingerprint density at radius 1 is 1.24 bits per heavy atom. The van der Waals surface area contributed by atoms with Crippen LogP contribution in [0.5, 0.6) is 11.5 Å². The Morgan fingerprint density at radius 3 is 2.48 bits per heavy atom. The van der Waals surface area contributed by atoms with Gasteiger partial charge in [-0.3, -0.25) is 4.79 Å². The number of rotatable bonds is 4. The van der Waals surface area contributed by atoms with Gasteiger partial charge in [-0.15, -0.1) is 0 Å². The molecule has 1 unspecified atom stereocenters. The molecule has 1 heterocycles. The first-order valence-corrected chi connectivity index (χ1v) is 7.73. The fraction of sp³-hybridized carbons (Fsp3) is 0.588. The van der Waals surface area contributed by atoms with Crippen molar-refractivity contribution in [2.45, 2.75) is 38.6 Å². The Labute approximate surface area is 126 Å². The van der Waals surface area contributed by atoms with Crippen molar-refractivity contribution < 1.29 is 14.3 Å². The average molecular weight is 289 g/mol. The van der Waals surface area contributed by atoms with Crippen molar-refractivity contribution in [3.8, 4) is 11.5 Å². The van der Waals surface area contributed by atoms with E-state index in [1.165, 1.54) is 24.0 Å². The highest BCUT2D eigenvalue weighted by atomic mass is 16.5. The van der Waals surface area contributed by atoms with E-state index in [2.05, 4.69) is 17.0 Å². The first-order valence-electron chi connectivity index (χ1n) is 7.73. The van der Waals surface area contributed by atoms with Gasteiger partial charge in [-0.05, 0) is 48.4 Å². The normalized spacial score (nSPS) is 20.9. The van der Waals surface area contributed by atoms with Crippen LogP contribution >= 0.6 is 0 Å². The molecule has 0 N–H and O–H groups in total. The highest BCUT2D eigenvalue weighted by Crippen LogP contribution is 2.49. The largest absolute Gasteiger partial charge is 0.493 e. The Bertz CT molecular complexity index is 551. The third kappa shape index (κ3) is 2.47. The van der Waals surface area contributed by atoms with Gasteiger partial charge in [-0.1, -0.05) is 6.92 Å². The lowest BCUT2D eigenvalue weighted by molar-refractivity contribution is -0.134. The minimum atomic E-state index is 0.223. The molecule has 1 aliphatic heterocycles. The Hall–Kier alpha value is -1.71. The smallest absolute Gasteiger partial charge is 0.222 e. The summed E-state index contributed by atoms with van der Waals surface area (Å²) in [5, 5.41) is 0. The van der Waals surface area contributed by atoms with Crippen molar-refractivity contribution in [3.05, 3.63) is 23.3 Å². The zero-order valence-corrected chi connectivity index (χ0v) is 13.0. The van der Waals surface area contributed by atoms with Crippen molar-refractivity contribution in [2.24, 2.45) is 5.92 Å². The summed E-state index contributed by atoms with van der Waals surface area (Å²) in [6.45, 7) is 2.76. The van der Waals surface area contributed by atoms with Crippen LogP contribution in [-0.2, 0) is 11.2 Å². The Morgan fingerprint density at radius 2 is 1.90 bits per heavy atom. The van der Waals surface area contributed by atoms with Gasteiger partial charge in [0.1, 0.15) is 0 Å². The summed E-state index contributed by atoms with van der Waals surface area (Å²) >= 11 is 0. The maximum absolute atomic E-state index is 12.3. The minimum absolute atomic E-state index is 0.223. The molecule has 114 valence electrons. The maximum Gasteiger partial charge on any atom is 0.222 e. The number of nitrogens with zero attached hydrogens (tertiary/aromatic N) is 1. The molecule has 3 rings (SSSR count). The second kappa shape index (κ2) is 5.58. The van der Waals surface area contributed by atoms with Crippen molar-refractivity contribution >= 4 is 5.91 Å². The molecular weight excluding hydrogens is 266 g/mol. The van der Waals surface area contributed by atoms with Crippen LogP contribution < -0.4 is 9.47 Å². The summed E-state index contributed by atoms with van der Waals surface area (Å²) in [5.74, 6) is 2.40. The summed E-state index contributed by atoms with van der Waals surface area (Å²) < 4.78 is 10.8. The van der Waals surface area contributed by atoms with Gasteiger partial charge in [0.2, 0.25) is 5.91 Å². The highest BCUT2D eigenvalue weighted by Gasteiger charge is 2.41. The van der Waals surface area contributed by atoms with Crippen LogP contribution in [0.25, 0.3) is 0 Å². The lowest BCUT2D eigenvalue weighted by Gasteiger charge is -2.38. The van der Waals surface area contributed by atoms with Crippen molar-refractivity contribution in [1.82, 2.24) is 4.90 Å². The monoisotopic (exact) mass is 289 g/mol. The van der Waals surface area contributed by atoms with Crippen LogP contribution in [0.4, 0.5) is 0 Å². The summed E-state index contributed by atoms with van der Waals surface area (Å²) in [4.78, 5) is 14.3. The van der Waals surface area contributed by atoms with E-state index in [0.29, 0.717) is 12.3 Å². The van der Waals surface area contributed by atoms with Gasteiger partial charge in [-0.2, -0.15) is 0 Å². The topological polar surface area (TPSA) is 38.8 Å². The zero-order chi connectivity index (χ0) is 15.0. The molecule has 1 atom stereocenters. The van der Waals surface area contributed by atoms with Crippen LogP contribution in [0.3, 0.4) is 0 Å². The predicted molar refractivity (Wildman–Crippen MR) is 80.7 cm³/mol. The first kappa shape index (κ1) is 14.2. The van der Waals surface area contributed by atoms with E-state index >= 15 is 0 Å². The summed E-state index contributed by atoms with van der Waals surface area (Å²) in [6.07, 6.45) is 3.90. The second-order valence-corrected chi connectivity index (χ2v) is 5.88. The number of amides is 1. The number of ether oxygens (including phenoxy) is 2. The SMILES string of the molecule is CCC(=O)N1CCc2cc(OC)c(OC)cc2C1C1CC1. The third-order valence-corrected chi connectivity index (χ3v) is 4.61. The van der Waals surface area contributed by atoms with E-state index in [-0.39, 0.29) is 11.9 Å². The maximum atomic E-state index is 12.3. The van der Waals surface area contributed by atoms with E-state index < -0.39 is 0 Å². The van der Waals surface area contributed by atoms with Gasteiger partial charge < -0.3 is 14.4 Å². The molecule has 0 radical (unpaired) electrons. The minimum Gasteiger partial charge on any atom is -0.493 e. The molecule has 0 aromatic heterocycles.